The predicted molar refractivity (Wildman–Crippen MR) is 199 cm³/mol. The summed E-state index contributed by atoms with van der Waals surface area (Å²) in [7, 11) is -1.27. The molecule has 0 N–H and O–H groups in total. The van der Waals surface area contributed by atoms with Gasteiger partial charge in [-0.05, 0) is 97.6 Å². The third-order valence-electron chi connectivity index (χ3n) is 9.45. The summed E-state index contributed by atoms with van der Waals surface area (Å²) in [5.41, 5.74) is 10.8. The van der Waals surface area contributed by atoms with Gasteiger partial charge in [-0.3, -0.25) is 0 Å². The average Bonchev–Trinajstić information content (AvgIpc) is 3.47. The number of rotatable bonds is 4. The van der Waals surface area contributed by atoms with Crippen LogP contribution in [0.3, 0.4) is 0 Å². The minimum atomic E-state index is -1.27. The van der Waals surface area contributed by atoms with Gasteiger partial charge in [0.25, 0.3) is 0 Å². The van der Waals surface area contributed by atoms with Gasteiger partial charge in [-0.1, -0.05) is 53.9 Å². The fourth-order valence-electron chi connectivity index (χ4n) is 6.79. The number of furan rings is 1. The Balaban J connectivity index is 0.000000204. The quantitative estimate of drug-likeness (QED) is 0.131. The molecule has 50 heavy (non-hydrogen) atoms. The molecule has 0 saturated carbocycles. The summed E-state index contributed by atoms with van der Waals surface area (Å²) in [5.74, 6) is -1.09. The monoisotopic (exact) mass is 857 g/mol. The second-order valence-corrected chi connectivity index (χ2v) is 19.0. The van der Waals surface area contributed by atoms with Crippen molar-refractivity contribution in [3.63, 3.8) is 0 Å². The summed E-state index contributed by atoms with van der Waals surface area (Å²) in [4.78, 5) is 9.26. The zero-order valence-corrected chi connectivity index (χ0v) is 32.3. The molecule has 3 heterocycles. The van der Waals surface area contributed by atoms with E-state index in [0.29, 0.717) is 5.56 Å². The fraction of sp³-hybridized carbons (Fsp3) is 0.209. The Hall–Kier alpha value is -4.29. The molecule has 1 radical (unpaired) electrons. The maximum absolute atomic E-state index is 14.1. The van der Waals surface area contributed by atoms with Gasteiger partial charge in [0.2, 0.25) is 0 Å². The SMILES string of the molecule is Cc1c(F)cc(-c2ccc3oc4c[c-]c(-c5nccc6c5CCCC6)cc4c3c2)cc1F.Cc1cc(-c2[c-]cccc2)ncc1[Si](C)(C)C.[Ir]. The van der Waals surface area contributed by atoms with Crippen LogP contribution in [0.4, 0.5) is 8.78 Å². The molecule has 255 valence electrons. The van der Waals surface area contributed by atoms with Crippen molar-refractivity contribution in [2.45, 2.75) is 59.2 Å². The number of aromatic nitrogens is 2. The molecule has 0 atom stereocenters. The largest absolute Gasteiger partial charge is 0.500 e. The van der Waals surface area contributed by atoms with Crippen molar-refractivity contribution in [3.05, 3.63) is 137 Å². The molecule has 3 aromatic heterocycles. The van der Waals surface area contributed by atoms with Gasteiger partial charge in [0.1, 0.15) is 17.2 Å². The van der Waals surface area contributed by atoms with Crippen molar-refractivity contribution in [2.75, 3.05) is 0 Å². The summed E-state index contributed by atoms with van der Waals surface area (Å²) in [5, 5.41) is 3.29. The summed E-state index contributed by atoms with van der Waals surface area (Å²) in [6.07, 6.45) is 8.45. The number of pyridine rings is 2. The molecule has 8 rings (SSSR count). The van der Waals surface area contributed by atoms with Crippen LogP contribution in [0.25, 0.3) is 55.6 Å². The molecular weight excluding hydrogens is 819 g/mol. The zero-order valence-electron chi connectivity index (χ0n) is 28.9. The van der Waals surface area contributed by atoms with Crippen molar-refractivity contribution in [1.82, 2.24) is 9.97 Å². The van der Waals surface area contributed by atoms with Crippen LogP contribution in [0, 0.1) is 37.6 Å². The van der Waals surface area contributed by atoms with Crippen molar-refractivity contribution < 1.29 is 33.3 Å². The summed E-state index contributed by atoms with van der Waals surface area (Å²) < 4.78 is 34.3. The molecule has 0 unspecified atom stereocenters. The molecule has 0 amide bonds. The van der Waals surface area contributed by atoms with Crippen LogP contribution in [-0.4, -0.2) is 18.0 Å². The average molecular weight is 857 g/mol. The number of halogens is 2. The standard InChI is InChI=1S/C28H20F2NO.C15H18NSi.Ir/c1-16-24(29)14-20(15-25(16)30)18-6-8-26-22(12-18)23-13-19(7-9-27(23)32-26)28-21-5-3-2-4-17(21)10-11-31-28;1-12-10-14(13-8-6-5-7-9-13)16-11-15(12)17(2,3)4;/h6,8-15H,2-5H2,1H3;5-8,10-11H,1-4H3;/q2*-1;. The third-order valence-corrected chi connectivity index (χ3v) is 11.6. The second-order valence-electron chi connectivity index (χ2n) is 13.9. The fourth-order valence-corrected chi connectivity index (χ4v) is 8.49. The normalized spacial score (nSPS) is 12.6. The molecule has 0 aliphatic heterocycles. The molecule has 7 aromatic rings. The van der Waals surface area contributed by atoms with Crippen molar-refractivity contribution in [1.29, 1.82) is 0 Å². The molecule has 4 aromatic carbocycles. The van der Waals surface area contributed by atoms with Crippen LogP contribution in [0.5, 0.6) is 0 Å². The van der Waals surface area contributed by atoms with Crippen molar-refractivity contribution in [3.8, 4) is 33.6 Å². The van der Waals surface area contributed by atoms with E-state index in [1.54, 1.807) is 0 Å². The molecule has 0 saturated heterocycles. The summed E-state index contributed by atoms with van der Waals surface area (Å²) in [6, 6.07) is 31.1. The molecule has 0 fully saturated rings. The minimum Gasteiger partial charge on any atom is -0.500 e. The van der Waals surface area contributed by atoms with Gasteiger partial charge in [-0.2, -0.15) is 0 Å². The molecule has 1 aliphatic rings. The zero-order chi connectivity index (χ0) is 34.3. The molecular formula is C43H38F2IrN2OSi-2. The Morgan fingerprint density at radius 3 is 2.24 bits per heavy atom. The first-order valence-corrected chi connectivity index (χ1v) is 20.3. The Kier molecular flexibility index (Phi) is 10.3. The Labute approximate surface area is 307 Å². The molecule has 0 bridgehead atoms. The van der Waals surface area contributed by atoms with Gasteiger partial charge in [0.15, 0.2) is 0 Å². The van der Waals surface area contributed by atoms with Gasteiger partial charge in [0, 0.05) is 43.4 Å². The molecule has 3 nitrogen and oxygen atoms in total. The van der Waals surface area contributed by atoms with Crippen LogP contribution >= 0.6 is 0 Å². The van der Waals surface area contributed by atoms with E-state index in [9.17, 15) is 8.78 Å². The van der Waals surface area contributed by atoms with E-state index in [2.05, 4.69) is 79.1 Å². The van der Waals surface area contributed by atoms with E-state index in [0.717, 1.165) is 62.9 Å². The number of benzene rings is 4. The van der Waals surface area contributed by atoms with Crippen LogP contribution < -0.4 is 5.19 Å². The first-order chi connectivity index (χ1) is 23.6. The number of nitrogens with zero attached hydrogens (tertiary/aromatic N) is 2. The van der Waals surface area contributed by atoms with E-state index in [-0.39, 0.29) is 25.7 Å². The predicted octanol–water partition coefficient (Wildman–Crippen LogP) is 11.0. The first-order valence-electron chi connectivity index (χ1n) is 16.8. The maximum atomic E-state index is 14.1. The molecule has 0 spiro atoms. The van der Waals surface area contributed by atoms with E-state index in [4.69, 9.17) is 4.42 Å². The van der Waals surface area contributed by atoms with Crippen LogP contribution in [0.2, 0.25) is 19.6 Å². The number of fused-ring (bicyclic) bond motifs is 4. The Morgan fingerprint density at radius 2 is 1.52 bits per heavy atom. The molecule has 7 heteroatoms. The first kappa shape index (κ1) is 35.5. The van der Waals surface area contributed by atoms with Crippen molar-refractivity contribution >= 4 is 35.2 Å². The maximum Gasteiger partial charge on any atom is 0.129 e. The summed E-state index contributed by atoms with van der Waals surface area (Å²) >= 11 is 0. The summed E-state index contributed by atoms with van der Waals surface area (Å²) in [6.45, 7) is 10.7. The Bertz CT molecular complexity index is 2310. The number of aryl methyl sites for hydroxylation is 2. The van der Waals surface area contributed by atoms with Crippen LogP contribution in [0.15, 0.2) is 95.7 Å². The van der Waals surface area contributed by atoms with Crippen molar-refractivity contribution in [2.24, 2.45) is 0 Å². The van der Waals surface area contributed by atoms with E-state index in [1.807, 2.05) is 48.7 Å². The second kappa shape index (κ2) is 14.5. The van der Waals surface area contributed by atoms with E-state index < -0.39 is 19.7 Å². The van der Waals surface area contributed by atoms with Gasteiger partial charge in [-0.15, -0.1) is 59.7 Å². The topological polar surface area (TPSA) is 38.9 Å². The van der Waals surface area contributed by atoms with Gasteiger partial charge >= 0.3 is 0 Å². The number of hydrogen-bond acceptors (Lipinski definition) is 3. The molecule has 1 aliphatic carbocycles. The van der Waals surface area contributed by atoms with Crippen LogP contribution in [-0.2, 0) is 32.9 Å². The van der Waals surface area contributed by atoms with E-state index >= 15 is 0 Å². The smallest absolute Gasteiger partial charge is 0.129 e. The number of hydrogen-bond donors (Lipinski definition) is 0. The minimum absolute atomic E-state index is 0. The van der Waals surface area contributed by atoms with Gasteiger partial charge in [-0.25, -0.2) is 8.78 Å². The third kappa shape index (κ3) is 7.13. The Morgan fingerprint density at radius 1 is 0.760 bits per heavy atom. The van der Waals surface area contributed by atoms with Gasteiger partial charge < -0.3 is 14.4 Å². The van der Waals surface area contributed by atoms with Crippen LogP contribution in [0.1, 0.15) is 35.1 Å². The van der Waals surface area contributed by atoms with E-state index in [1.165, 1.54) is 53.8 Å². The van der Waals surface area contributed by atoms with Gasteiger partial charge in [0.05, 0.1) is 13.7 Å².